The van der Waals surface area contributed by atoms with Crippen molar-refractivity contribution in [2.45, 2.75) is 40.2 Å². The molecule has 1 aromatic rings. The van der Waals surface area contributed by atoms with Gasteiger partial charge >= 0.3 is 0 Å². The molecule has 0 saturated heterocycles. The fraction of sp³-hybridized carbons (Fsp3) is 0.500. The van der Waals surface area contributed by atoms with Crippen molar-refractivity contribution in [1.29, 1.82) is 0 Å². The second-order valence-corrected chi connectivity index (χ2v) is 4.73. The zero-order chi connectivity index (χ0) is 15.2. The third-order valence-corrected chi connectivity index (χ3v) is 3.62. The second-order valence-electron chi connectivity index (χ2n) is 4.73. The molecule has 0 aliphatic heterocycles. The Morgan fingerprint density at radius 1 is 1.45 bits per heavy atom. The van der Waals surface area contributed by atoms with Gasteiger partial charge in [-0.25, -0.2) is 0 Å². The van der Waals surface area contributed by atoms with Crippen molar-refractivity contribution in [3.63, 3.8) is 0 Å². The van der Waals surface area contributed by atoms with Crippen LogP contribution in [0.25, 0.3) is 0 Å². The van der Waals surface area contributed by atoms with Gasteiger partial charge in [-0.15, -0.1) is 0 Å². The van der Waals surface area contributed by atoms with E-state index in [2.05, 4.69) is 15.5 Å². The summed E-state index contributed by atoms with van der Waals surface area (Å²) in [7, 11) is 0. The van der Waals surface area contributed by atoms with Gasteiger partial charge in [0, 0.05) is 5.69 Å². The maximum Gasteiger partial charge on any atom is 0.234 e. The van der Waals surface area contributed by atoms with Gasteiger partial charge in [0.15, 0.2) is 5.84 Å². The van der Waals surface area contributed by atoms with Crippen LogP contribution in [0.1, 0.15) is 38.1 Å². The molecule has 1 rings (SSSR count). The minimum atomic E-state index is -0.974. The molecule has 0 aliphatic carbocycles. The monoisotopic (exact) mass is 278 g/mol. The number of aromatic nitrogens is 1. The average Bonchev–Trinajstić information content (AvgIpc) is 2.46. The molecule has 0 bridgehead atoms. The van der Waals surface area contributed by atoms with Crippen LogP contribution in [0.3, 0.4) is 0 Å². The van der Waals surface area contributed by atoms with Gasteiger partial charge < -0.3 is 16.3 Å². The first-order valence-corrected chi connectivity index (χ1v) is 6.69. The predicted molar refractivity (Wildman–Crippen MR) is 77.2 cm³/mol. The van der Waals surface area contributed by atoms with Crippen LogP contribution in [0.2, 0.25) is 0 Å². The predicted octanol–water partition coefficient (Wildman–Crippen LogP) is 1.56. The molecule has 0 fully saturated rings. The Morgan fingerprint density at radius 3 is 2.60 bits per heavy atom. The van der Waals surface area contributed by atoms with Crippen LogP contribution in [0.4, 0.5) is 0 Å². The maximum atomic E-state index is 12.4. The summed E-state index contributed by atoms with van der Waals surface area (Å²) < 4.78 is 0. The van der Waals surface area contributed by atoms with Crippen LogP contribution >= 0.6 is 0 Å². The minimum Gasteiger partial charge on any atom is -0.409 e. The molecule has 0 saturated carbocycles. The molecule has 0 radical (unpaired) electrons. The highest BCUT2D eigenvalue weighted by atomic mass is 16.4. The van der Waals surface area contributed by atoms with Crippen molar-refractivity contribution < 1.29 is 10.0 Å². The molecule has 1 aromatic heterocycles. The standard InChI is InChI=1S/C14H22N4O2/c1-4-14(5-2,12(15)18-20)13(19)16-9-11-8-6-7-10(3)17-11/h6-8,20H,4-5,9H2,1-3H3,(H2,15,18)(H,16,19). The quantitative estimate of drug-likeness (QED) is 0.318. The van der Waals surface area contributed by atoms with Gasteiger partial charge in [-0.1, -0.05) is 25.1 Å². The lowest BCUT2D eigenvalue weighted by atomic mass is 9.80. The number of rotatable bonds is 6. The first-order valence-electron chi connectivity index (χ1n) is 6.69. The number of carbonyl (C=O) groups excluding carboxylic acids is 1. The lowest BCUT2D eigenvalue weighted by Crippen LogP contribution is -2.49. The smallest absolute Gasteiger partial charge is 0.234 e. The van der Waals surface area contributed by atoms with E-state index in [1.807, 2.05) is 39.0 Å². The van der Waals surface area contributed by atoms with Crippen LogP contribution in [-0.2, 0) is 11.3 Å². The summed E-state index contributed by atoms with van der Waals surface area (Å²) in [4.78, 5) is 16.7. The number of pyridine rings is 1. The van der Waals surface area contributed by atoms with Crippen molar-refractivity contribution in [3.8, 4) is 0 Å². The van der Waals surface area contributed by atoms with E-state index in [0.717, 1.165) is 11.4 Å². The van der Waals surface area contributed by atoms with E-state index in [-0.39, 0.29) is 11.7 Å². The molecule has 4 N–H and O–H groups in total. The van der Waals surface area contributed by atoms with Crippen molar-refractivity contribution in [1.82, 2.24) is 10.3 Å². The van der Waals surface area contributed by atoms with E-state index in [4.69, 9.17) is 10.9 Å². The van der Waals surface area contributed by atoms with E-state index in [1.54, 1.807) is 0 Å². The van der Waals surface area contributed by atoms with Gasteiger partial charge in [-0.3, -0.25) is 9.78 Å². The molecular formula is C14H22N4O2. The number of aryl methyl sites for hydroxylation is 1. The molecule has 0 atom stereocenters. The molecule has 0 aliphatic rings. The summed E-state index contributed by atoms with van der Waals surface area (Å²) >= 11 is 0. The van der Waals surface area contributed by atoms with Crippen LogP contribution < -0.4 is 11.1 Å². The molecule has 20 heavy (non-hydrogen) atoms. The molecule has 1 amide bonds. The number of nitrogens with one attached hydrogen (secondary N) is 1. The number of carbonyl (C=O) groups is 1. The van der Waals surface area contributed by atoms with Crippen LogP contribution in [0.5, 0.6) is 0 Å². The summed E-state index contributed by atoms with van der Waals surface area (Å²) in [5, 5.41) is 14.7. The third kappa shape index (κ3) is 3.26. The Balaban J connectivity index is 2.83. The highest BCUT2D eigenvalue weighted by molar-refractivity contribution is 6.06. The number of nitrogens with zero attached hydrogens (tertiary/aromatic N) is 2. The lowest BCUT2D eigenvalue weighted by molar-refractivity contribution is -0.128. The number of amides is 1. The van der Waals surface area contributed by atoms with Gasteiger partial charge in [-0.2, -0.15) is 0 Å². The first kappa shape index (κ1) is 15.9. The molecule has 6 nitrogen and oxygen atoms in total. The van der Waals surface area contributed by atoms with Crippen molar-refractivity contribution in [2.24, 2.45) is 16.3 Å². The first-order chi connectivity index (χ1) is 9.50. The summed E-state index contributed by atoms with van der Waals surface area (Å²) in [6, 6.07) is 5.63. The largest absolute Gasteiger partial charge is 0.409 e. The summed E-state index contributed by atoms with van der Waals surface area (Å²) in [5.74, 6) is -0.307. The maximum absolute atomic E-state index is 12.4. The van der Waals surface area contributed by atoms with Crippen molar-refractivity contribution >= 4 is 11.7 Å². The van der Waals surface area contributed by atoms with Crippen molar-refractivity contribution in [2.75, 3.05) is 0 Å². The molecule has 0 spiro atoms. The fourth-order valence-electron chi connectivity index (χ4n) is 2.18. The van der Waals surface area contributed by atoms with Gasteiger partial charge in [0.1, 0.15) is 5.41 Å². The fourth-order valence-corrected chi connectivity index (χ4v) is 2.18. The minimum absolute atomic E-state index is 0.0581. The third-order valence-electron chi connectivity index (χ3n) is 3.62. The van der Waals surface area contributed by atoms with Crippen LogP contribution in [0, 0.1) is 12.3 Å². The number of hydrogen-bond acceptors (Lipinski definition) is 4. The Labute approximate surface area is 119 Å². The van der Waals surface area contributed by atoms with E-state index < -0.39 is 5.41 Å². The number of nitrogens with two attached hydrogens (primary N) is 1. The molecule has 0 unspecified atom stereocenters. The Kier molecular flexibility index (Phi) is 5.49. The number of hydrogen-bond donors (Lipinski definition) is 3. The van der Waals surface area contributed by atoms with Gasteiger partial charge in [0.25, 0.3) is 0 Å². The Bertz CT molecular complexity index is 496. The number of oxime groups is 1. The SMILES string of the molecule is CCC(CC)(C(=O)NCc1cccc(C)n1)C(N)=NO. The summed E-state index contributed by atoms with van der Waals surface area (Å²) in [6.07, 6.45) is 0.930. The van der Waals surface area contributed by atoms with E-state index in [0.29, 0.717) is 19.4 Å². The molecule has 0 aromatic carbocycles. The molecule has 110 valence electrons. The van der Waals surface area contributed by atoms with E-state index >= 15 is 0 Å². The highest BCUT2D eigenvalue weighted by Gasteiger charge is 2.39. The van der Waals surface area contributed by atoms with Crippen LogP contribution in [0.15, 0.2) is 23.4 Å². The lowest BCUT2D eigenvalue weighted by Gasteiger charge is -2.28. The zero-order valence-corrected chi connectivity index (χ0v) is 12.2. The van der Waals surface area contributed by atoms with E-state index in [9.17, 15) is 4.79 Å². The Morgan fingerprint density at radius 2 is 2.10 bits per heavy atom. The Hall–Kier alpha value is -2.11. The normalized spacial score (nSPS) is 12.2. The molecular weight excluding hydrogens is 256 g/mol. The van der Waals surface area contributed by atoms with Crippen molar-refractivity contribution in [3.05, 3.63) is 29.6 Å². The second kappa shape index (κ2) is 6.88. The molecule has 1 heterocycles. The van der Waals surface area contributed by atoms with E-state index in [1.165, 1.54) is 0 Å². The topological polar surface area (TPSA) is 101 Å². The molecule has 6 heteroatoms. The van der Waals surface area contributed by atoms with Gasteiger partial charge in [0.05, 0.1) is 12.2 Å². The summed E-state index contributed by atoms with van der Waals surface area (Å²) in [6.45, 7) is 5.89. The summed E-state index contributed by atoms with van der Waals surface area (Å²) in [5.41, 5.74) is 6.39. The highest BCUT2D eigenvalue weighted by Crippen LogP contribution is 2.27. The zero-order valence-electron chi connectivity index (χ0n) is 12.2. The average molecular weight is 278 g/mol. The van der Waals surface area contributed by atoms with Crippen LogP contribution in [-0.4, -0.2) is 21.9 Å². The van der Waals surface area contributed by atoms with Gasteiger partial charge in [-0.05, 0) is 31.9 Å². The van der Waals surface area contributed by atoms with Gasteiger partial charge in [0.2, 0.25) is 5.91 Å². The number of amidine groups is 1.